The Morgan fingerprint density at radius 2 is 2.13 bits per heavy atom. The molecule has 0 aliphatic rings. The quantitative estimate of drug-likeness (QED) is 0.776. The van der Waals surface area contributed by atoms with Gasteiger partial charge in [0.15, 0.2) is 0 Å². The zero-order valence-corrected chi connectivity index (χ0v) is 8.64. The number of aliphatic hydroxyl groups is 1. The summed E-state index contributed by atoms with van der Waals surface area (Å²) in [6, 6.07) is 7.84. The maximum Gasteiger partial charge on any atom is 0.0912 e. The minimum absolute atomic E-state index is 0.241. The van der Waals surface area contributed by atoms with Gasteiger partial charge in [-0.15, -0.1) is 0 Å². The minimum atomic E-state index is -0.587. The van der Waals surface area contributed by atoms with E-state index in [1.807, 2.05) is 37.4 Å². The summed E-state index contributed by atoms with van der Waals surface area (Å²) >= 11 is 0. The van der Waals surface area contributed by atoms with Gasteiger partial charge >= 0.3 is 0 Å². The molecule has 3 N–H and O–H groups in total. The standard InChI is InChI=1S/C12H14N2O/c1-8-4-9-2-3-10(12(15)6-13)5-11(9)7-14-8/h2-5,7,12,15H,6,13H2,1H3. The molecule has 0 radical (unpaired) electrons. The molecule has 0 aliphatic heterocycles. The maximum atomic E-state index is 9.60. The first-order valence-corrected chi connectivity index (χ1v) is 4.95. The highest BCUT2D eigenvalue weighted by molar-refractivity contribution is 5.82. The number of aryl methyl sites for hydroxylation is 1. The summed E-state index contributed by atoms with van der Waals surface area (Å²) < 4.78 is 0. The summed E-state index contributed by atoms with van der Waals surface area (Å²) in [6.45, 7) is 2.20. The first-order valence-electron chi connectivity index (χ1n) is 4.95. The molecule has 2 rings (SSSR count). The number of nitrogens with zero attached hydrogens (tertiary/aromatic N) is 1. The fraction of sp³-hybridized carbons (Fsp3) is 0.250. The molecule has 0 saturated carbocycles. The Balaban J connectivity index is 2.52. The molecule has 1 heterocycles. The first-order chi connectivity index (χ1) is 7.20. The predicted octanol–water partition coefficient (Wildman–Crippen LogP) is 1.54. The summed E-state index contributed by atoms with van der Waals surface area (Å²) in [4.78, 5) is 4.22. The highest BCUT2D eigenvalue weighted by Gasteiger charge is 2.05. The van der Waals surface area contributed by atoms with Crippen molar-refractivity contribution in [1.29, 1.82) is 0 Å². The lowest BCUT2D eigenvalue weighted by molar-refractivity contribution is 0.187. The highest BCUT2D eigenvalue weighted by atomic mass is 16.3. The normalized spacial score (nSPS) is 13.0. The van der Waals surface area contributed by atoms with Crippen LogP contribution in [-0.4, -0.2) is 16.6 Å². The molecule has 0 saturated heterocycles. The molecule has 0 bridgehead atoms. The molecule has 15 heavy (non-hydrogen) atoms. The van der Waals surface area contributed by atoms with Crippen LogP contribution in [0.2, 0.25) is 0 Å². The van der Waals surface area contributed by atoms with Gasteiger partial charge in [0.05, 0.1) is 6.10 Å². The monoisotopic (exact) mass is 202 g/mol. The topological polar surface area (TPSA) is 59.1 Å². The minimum Gasteiger partial charge on any atom is -0.387 e. The molecular weight excluding hydrogens is 188 g/mol. The zero-order chi connectivity index (χ0) is 10.8. The molecule has 2 aromatic rings. The SMILES string of the molecule is Cc1cc2ccc(C(O)CN)cc2cn1. The fourth-order valence-electron chi connectivity index (χ4n) is 1.61. The van der Waals surface area contributed by atoms with E-state index in [2.05, 4.69) is 4.98 Å². The van der Waals surface area contributed by atoms with Crippen LogP contribution >= 0.6 is 0 Å². The average molecular weight is 202 g/mol. The number of aliphatic hydroxyl groups excluding tert-OH is 1. The second-order valence-electron chi connectivity index (χ2n) is 3.68. The smallest absolute Gasteiger partial charge is 0.0912 e. The summed E-state index contributed by atoms with van der Waals surface area (Å²) in [5.41, 5.74) is 7.24. The molecule has 1 atom stereocenters. The van der Waals surface area contributed by atoms with E-state index in [-0.39, 0.29) is 6.54 Å². The van der Waals surface area contributed by atoms with Crippen molar-refractivity contribution in [2.24, 2.45) is 5.73 Å². The largest absolute Gasteiger partial charge is 0.387 e. The molecular formula is C12H14N2O. The van der Waals surface area contributed by atoms with Gasteiger partial charge < -0.3 is 10.8 Å². The molecule has 1 aromatic carbocycles. The lowest BCUT2D eigenvalue weighted by atomic mass is 10.0. The van der Waals surface area contributed by atoms with E-state index in [0.717, 1.165) is 22.0 Å². The average Bonchev–Trinajstić information content (AvgIpc) is 2.27. The van der Waals surface area contributed by atoms with Crippen molar-refractivity contribution >= 4 is 10.8 Å². The van der Waals surface area contributed by atoms with Crippen LogP contribution < -0.4 is 5.73 Å². The van der Waals surface area contributed by atoms with E-state index in [4.69, 9.17) is 5.73 Å². The molecule has 78 valence electrons. The number of benzene rings is 1. The molecule has 0 spiro atoms. The number of pyridine rings is 1. The van der Waals surface area contributed by atoms with Gasteiger partial charge in [0.25, 0.3) is 0 Å². The Labute approximate surface area is 88.6 Å². The van der Waals surface area contributed by atoms with E-state index in [1.165, 1.54) is 0 Å². The van der Waals surface area contributed by atoms with Crippen LogP contribution in [0.15, 0.2) is 30.5 Å². The molecule has 1 unspecified atom stereocenters. The van der Waals surface area contributed by atoms with Gasteiger partial charge in [-0.3, -0.25) is 4.98 Å². The van der Waals surface area contributed by atoms with E-state index in [9.17, 15) is 5.11 Å². The number of fused-ring (bicyclic) bond motifs is 1. The Kier molecular flexibility index (Phi) is 2.66. The Bertz CT molecular complexity index is 482. The van der Waals surface area contributed by atoms with Gasteiger partial charge in [-0.25, -0.2) is 0 Å². The maximum absolute atomic E-state index is 9.60. The number of nitrogens with two attached hydrogens (primary N) is 1. The van der Waals surface area contributed by atoms with Crippen LogP contribution in [0.3, 0.4) is 0 Å². The summed E-state index contributed by atoms with van der Waals surface area (Å²) in [6.07, 6.45) is 1.23. The van der Waals surface area contributed by atoms with E-state index in [0.29, 0.717) is 0 Å². The third-order valence-corrected chi connectivity index (χ3v) is 2.49. The molecule has 0 fully saturated rings. The summed E-state index contributed by atoms with van der Waals surface area (Å²) in [7, 11) is 0. The number of hydrogen-bond acceptors (Lipinski definition) is 3. The van der Waals surface area contributed by atoms with Crippen molar-refractivity contribution < 1.29 is 5.11 Å². The van der Waals surface area contributed by atoms with Gasteiger partial charge in [0.2, 0.25) is 0 Å². The number of aromatic nitrogens is 1. The highest BCUT2D eigenvalue weighted by Crippen LogP contribution is 2.19. The second kappa shape index (κ2) is 3.96. The summed E-state index contributed by atoms with van der Waals surface area (Å²) in [5, 5.41) is 11.8. The van der Waals surface area contributed by atoms with Crippen molar-refractivity contribution in [3.8, 4) is 0 Å². The Morgan fingerprint density at radius 3 is 2.87 bits per heavy atom. The van der Waals surface area contributed by atoms with Crippen LogP contribution in [0.25, 0.3) is 10.8 Å². The van der Waals surface area contributed by atoms with Gasteiger partial charge in [0.1, 0.15) is 0 Å². The molecule has 3 nitrogen and oxygen atoms in total. The molecule has 0 aliphatic carbocycles. The molecule has 1 aromatic heterocycles. The third-order valence-electron chi connectivity index (χ3n) is 2.49. The third kappa shape index (κ3) is 1.98. The summed E-state index contributed by atoms with van der Waals surface area (Å²) in [5.74, 6) is 0. The van der Waals surface area contributed by atoms with Crippen molar-refractivity contribution in [1.82, 2.24) is 4.98 Å². The first kappa shape index (κ1) is 10.1. The van der Waals surface area contributed by atoms with Crippen molar-refractivity contribution in [2.45, 2.75) is 13.0 Å². The Morgan fingerprint density at radius 1 is 1.33 bits per heavy atom. The van der Waals surface area contributed by atoms with E-state index < -0.39 is 6.10 Å². The van der Waals surface area contributed by atoms with Crippen molar-refractivity contribution in [2.75, 3.05) is 6.54 Å². The molecule has 3 heteroatoms. The van der Waals surface area contributed by atoms with Gasteiger partial charge in [-0.05, 0) is 30.0 Å². The van der Waals surface area contributed by atoms with Crippen molar-refractivity contribution in [3.05, 3.63) is 41.7 Å². The van der Waals surface area contributed by atoms with Crippen LogP contribution in [0.1, 0.15) is 17.4 Å². The van der Waals surface area contributed by atoms with E-state index in [1.54, 1.807) is 0 Å². The fourth-order valence-corrected chi connectivity index (χ4v) is 1.61. The van der Waals surface area contributed by atoms with Crippen LogP contribution in [0.5, 0.6) is 0 Å². The lowest BCUT2D eigenvalue weighted by Crippen LogP contribution is -2.11. The van der Waals surface area contributed by atoms with Gasteiger partial charge in [0, 0.05) is 23.8 Å². The Hall–Kier alpha value is -1.45. The van der Waals surface area contributed by atoms with Crippen LogP contribution in [-0.2, 0) is 0 Å². The van der Waals surface area contributed by atoms with Crippen LogP contribution in [0.4, 0.5) is 0 Å². The lowest BCUT2D eigenvalue weighted by Gasteiger charge is -2.09. The zero-order valence-electron chi connectivity index (χ0n) is 8.64. The van der Waals surface area contributed by atoms with Crippen molar-refractivity contribution in [3.63, 3.8) is 0 Å². The predicted molar refractivity (Wildman–Crippen MR) is 60.5 cm³/mol. The van der Waals surface area contributed by atoms with Gasteiger partial charge in [-0.1, -0.05) is 12.1 Å². The van der Waals surface area contributed by atoms with Gasteiger partial charge in [-0.2, -0.15) is 0 Å². The molecule has 0 amide bonds. The number of rotatable bonds is 2. The second-order valence-corrected chi connectivity index (χ2v) is 3.68. The van der Waals surface area contributed by atoms with Crippen LogP contribution in [0, 0.1) is 6.92 Å². The number of hydrogen-bond donors (Lipinski definition) is 2. The van der Waals surface area contributed by atoms with E-state index >= 15 is 0 Å².